The summed E-state index contributed by atoms with van der Waals surface area (Å²) in [6.07, 6.45) is 18.8. The molecule has 3 atom stereocenters. The summed E-state index contributed by atoms with van der Waals surface area (Å²) in [6, 6.07) is 0. The van der Waals surface area contributed by atoms with Crippen molar-refractivity contribution >= 4 is 0 Å². The lowest BCUT2D eigenvalue weighted by atomic mass is 9.84. The van der Waals surface area contributed by atoms with E-state index in [1.165, 1.54) is 74.5 Å². The second-order valence-electron chi connectivity index (χ2n) is 9.62. The fourth-order valence-electron chi connectivity index (χ4n) is 4.26. The van der Waals surface area contributed by atoms with Gasteiger partial charge < -0.3 is 9.84 Å². The SMILES string of the molecule is CCCCCCCCOC1=C(C)C(C)C(O)C=C1CCC(C)CC/C=C(\C)CCC. The Morgan fingerprint density at radius 1 is 1.10 bits per heavy atom. The molecule has 0 saturated carbocycles. The molecule has 0 aromatic carbocycles. The first-order valence-corrected chi connectivity index (χ1v) is 12.8. The Bertz CT molecular complexity index is 555. The van der Waals surface area contributed by atoms with Gasteiger partial charge in [0, 0.05) is 5.92 Å². The summed E-state index contributed by atoms with van der Waals surface area (Å²) in [7, 11) is 0. The van der Waals surface area contributed by atoms with E-state index in [9.17, 15) is 5.11 Å². The van der Waals surface area contributed by atoms with Crippen molar-refractivity contribution < 1.29 is 9.84 Å². The molecule has 2 heteroatoms. The van der Waals surface area contributed by atoms with Crippen LogP contribution in [0.3, 0.4) is 0 Å². The first-order valence-electron chi connectivity index (χ1n) is 12.8. The van der Waals surface area contributed by atoms with Crippen LogP contribution in [0.15, 0.2) is 34.6 Å². The van der Waals surface area contributed by atoms with Crippen LogP contribution in [-0.2, 0) is 4.74 Å². The molecule has 3 unspecified atom stereocenters. The molecule has 1 aliphatic rings. The number of allylic oxidation sites excluding steroid dienone is 3. The molecule has 0 aromatic rings. The van der Waals surface area contributed by atoms with Gasteiger partial charge in [-0.2, -0.15) is 0 Å². The van der Waals surface area contributed by atoms with E-state index in [1.807, 2.05) is 0 Å². The monoisotopic (exact) mass is 418 g/mol. The average Bonchev–Trinajstić information content (AvgIpc) is 2.71. The van der Waals surface area contributed by atoms with E-state index in [-0.39, 0.29) is 12.0 Å². The van der Waals surface area contributed by atoms with E-state index >= 15 is 0 Å². The second kappa shape index (κ2) is 15.7. The molecule has 0 bridgehead atoms. The summed E-state index contributed by atoms with van der Waals surface area (Å²) in [5, 5.41) is 10.5. The van der Waals surface area contributed by atoms with Gasteiger partial charge in [-0.25, -0.2) is 0 Å². The van der Waals surface area contributed by atoms with Crippen LogP contribution in [0.4, 0.5) is 0 Å². The minimum Gasteiger partial charge on any atom is -0.493 e. The molecule has 2 nitrogen and oxygen atoms in total. The van der Waals surface area contributed by atoms with E-state index in [0.717, 1.165) is 31.6 Å². The predicted molar refractivity (Wildman–Crippen MR) is 132 cm³/mol. The number of hydrogen-bond donors (Lipinski definition) is 1. The zero-order chi connectivity index (χ0) is 22.4. The van der Waals surface area contributed by atoms with Gasteiger partial charge in [0.1, 0.15) is 5.76 Å². The molecule has 0 saturated heterocycles. The van der Waals surface area contributed by atoms with Crippen LogP contribution in [0.5, 0.6) is 0 Å². The van der Waals surface area contributed by atoms with Crippen LogP contribution in [0, 0.1) is 11.8 Å². The number of hydrogen-bond acceptors (Lipinski definition) is 2. The third kappa shape index (κ3) is 10.3. The molecule has 0 heterocycles. The van der Waals surface area contributed by atoms with Gasteiger partial charge in [0.15, 0.2) is 0 Å². The van der Waals surface area contributed by atoms with E-state index in [2.05, 4.69) is 53.7 Å². The predicted octanol–water partition coefficient (Wildman–Crippen LogP) is 8.52. The molecule has 1 aliphatic carbocycles. The van der Waals surface area contributed by atoms with E-state index in [0.29, 0.717) is 5.92 Å². The van der Waals surface area contributed by atoms with Crippen molar-refractivity contribution in [2.45, 2.75) is 125 Å². The van der Waals surface area contributed by atoms with Gasteiger partial charge in [-0.05, 0) is 75.5 Å². The minimum atomic E-state index is -0.378. The van der Waals surface area contributed by atoms with Crippen molar-refractivity contribution in [1.29, 1.82) is 0 Å². The van der Waals surface area contributed by atoms with Crippen LogP contribution in [-0.4, -0.2) is 17.8 Å². The first-order chi connectivity index (χ1) is 14.4. The first kappa shape index (κ1) is 27.0. The smallest absolute Gasteiger partial charge is 0.121 e. The highest BCUT2D eigenvalue weighted by Gasteiger charge is 2.26. The summed E-state index contributed by atoms with van der Waals surface area (Å²) in [5.74, 6) is 1.91. The van der Waals surface area contributed by atoms with Gasteiger partial charge in [-0.1, -0.05) is 77.9 Å². The maximum atomic E-state index is 10.5. The standard InChI is InChI=1S/C28H50O2/c1-7-9-10-11-12-13-20-30-28-25(6)24(5)27(29)21-26(28)19-18-23(4)17-14-16-22(3)15-8-2/h16,21,23-24,27,29H,7-15,17-20H2,1-6H3/b22-16+. The molecule has 0 fully saturated rings. The van der Waals surface area contributed by atoms with Crippen molar-refractivity contribution in [2.75, 3.05) is 6.61 Å². The Labute approximate surface area is 187 Å². The Morgan fingerprint density at radius 3 is 2.50 bits per heavy atom. The lowest BCUT2D eigenvalue weighted by molar-refractivity contribution is 0.154. The van der Waals surface area contributed by atoms with Crippen LogP contribution < -0.4 is 0 Å². The molecule has 0 spiro atoms. The van der Waals surface area contributed by atoms with Crippen molar-refractivity contribution in [3.63, 3.8) is 0 Å². The quantitative estimate of drug-likeness (QED) is 0.201. The van der Waals surface area contributed by atoms with E-state index in [1.54, 1.807) is 0 Å². The molecule has 1 rings (SSSR count). The molecule has 30 heavy (non-hydrogen) atoms. The van der Waals surface area contributed by atoms with E-state index < -0.39 is 0 Å². The molecule has 0 aromatic heterocycles. The van der Waals surface area contributed by atoms with Crippen molar-refractivity contribution in [1.82, 2.24) is 0 Å². The maximum absolute atomic E-state index is 10.5. The third-order valence-electron chi connectivity index (χ3n) is 6.66. The summed E-state index contributed by atoms with van der Waals surface area (Å²) >= 11 is 0. The van der Waals surface area contributed by atoms with Gasteiger partial charge >= 0.3 is 0 Å². The fourth-order valence-corrected chi connectivity index (χ4v) is 4.26. The van der Waals surface area contributed by atoms with Gasteiger partial charge in [0.05, 0.1) is 12.7 Å². The van der Waals surface area contributed by atoms with Crippen LogP contribution in [0.2, 0.25) is 0 Å². The average molecular weight is 419 g/mol. The van der Waals surface area contributed by atoms with Gasteiger partial charge in [-0.15, -0.1) is 0 Å². The molecule has 174 valence electrons. The topological polar surface area (TPSA) is 29.5 Å². The number of unbranched alkanes of at least 4 members (excludes halogenated alkanes) is 5. The highest BCUT2D eigenvalue weighted by molar-refractivity contribution is 5.37. The molecular formula is C28H50O2. The maximum Gasteiger partial charge on any atom is 0.121 e. The van der Waals surface area contributed by atoms with Gasteiger partial charge in [0.2, 0.25) is 0 Å². The number of rotatable bonds is 16. The van der Waals surface area contributed by atoms with Crippen LogP contribution in [0.1, 0.15) is 119 Å². The molecule has 0 radical (unpaired) electrons. The third-order valence-corrected chi connectivity index (χ3v) is 6.66. The van der Waals surface area contributed by atoms with Crippen LogP contribution in [0.25, 0.3) is 0 Å². The fraction of sp³-hybridized carbons (Fsp3) is 0.786. The Kier molecular flexibility index (Phi) is 14.2. The zero-order valence-corrected chi connectivity index (χ0v) is 20.9. The number of aliphatic hydroxyl groups excluding tert-OH is 1. The number of aliphatic hydroxyl groups is 1. The van der Waals surface area contributed by atoms with Crippen molar-refractivity contribution in [3.05, 3.63) is 34.6 Å². The second-order valence-corrected chi connectivity index (χ2v) is 9.62. The summed E-state index contributed by atoms with van der Waals surface area (Å²) in [5.41, 5.74) is 3.98. The zero-order valence-electron chi connectivity index (χ0n) is 20.9. The summed E-state index contributed by atoms with van der Waals surface area (Å²) < 4.78 is 6.30. The van der Waals surface area contributed by atoms with E-state index in [4.69, 9.17) is 4.74 Å². The lowest BCUT2D eigenvalue weighted by Crippen LogP contribution is -2.23. The van der Waals surface area contributed by atoms with Gasteiger partial charge in [-0.3, -0.25) is 0 Å². The molecule has 0 aliphatic heterocycles. The van der Waals surface area contributed by atoms with Crippen molar-refractivity contribution in [3.8, 4) is 0 Å². The molecular weight excluding hydrogens is 368 g/mol. The van der Waals surface area contributed by atoms with Crippen molar-refractivity contribution in [2.24, 2.45) is 11.8 Å². The minimum absolute atomic E-state index is 0.150. The highest BCUT2D eigenvalue weighted by Crippen LogP contribution is 2.34. The van der Waals surface area contributed by atoms with Crippen LogP contribution >= 0.6 is 0 Å². The summed E-state index contributed by atoms with van der Waals surface area (Å²) in [4.78, 5) is 0. The Balaban J connectivity index is 2.51. The van der Waals surface area contributed by atoms with Gasteiger partial charge in [0.25, 0.3) is 0 Å². The number of ether oxygens (including phenoxy) is 1. The Morgan fingerprint density at radius 2 is 1.80 bits per heavy atom. The molecule has 1 N–H and O–H groups in total. The largest absolute Gasteiger partial charge is 0.493 e. The highest BCUT2D eigenvalue weighted by atomic mass is 16.5. The molecule has 0 amide bonds. The lowest BCUT2D eigenvalue weighted by Gasteiger charge is -2.29. The Hall–Kier alpha value is -1.02. The normalized spacial score (nSPS) is 21.0. The summed E-state index contributed by atoms with van der Waals surface area (Å²) in [6.45, 7) is 14.2.